The SMILES string of the molecule is Cc1ccc(N2CCC(O)(CN3CCN(C)CC3)CC2)cn1. The predicted molar refractivity (Wildman–Crippen MR) is 89.3 cm³/mol. The number of pyridine rings is 1. The summed E-state index contributed by atoms with van der Waals surface area (Å²) in [6.07, 6.45) is 3.63. The Labute approximate surface area is 133 Å². The van der Waals surface area contributed by atoms with Crippen molar-refractivity contribution in [1.82, 2.24) is 14.8 Å². The zero-order valence-corrected chi connectivity index (χ0v) is 13.8. The van der Waals surface area contributed by atoms with Crippen LogP contribution in [0.25, 0.3) is 0 Å². The van der Waals surface area contributed by atoms with Gasteiger partial charge in [-0.25, -0.2) is 0 Å². The Morgan fingerprint density at radius 1 is 1.09 bits per heavy atom. The zero-order valence-electron chi connectivity index (χ0n) is 13.8. The quantitative estimate of drug-likeness (QED) is 0.901. The maximum atomic E-state index is 10.9. The van der Waals surface area contributed by atoms with Gasteiger partial charge in [-0.15, -0.1) is 0 Å². The van der Waals surface area contributed by atoms with E-state index < -0.39 is 5.60 Å². The molecule has 2 fully saturated rings. The summed E-state index contributed by atoms with van der Waals surface area (Å²) >= 11 is 0. The van der Waals surface area contributed by atoms with E-state index in [1.54, 1.807) is 0 Å². The highest BCUT2D eigenvalue weighted by Gasteiger charge is 2.34. The molecular formula is C17H28N4O. The summed E-state index contributed by atoms with van der Waals surface area (Å²) in [5.41, 5.74) is 1.70. The van der Waals surface area contributed by atoms with Crippen LogP contribution >= 0.6 is 0 Å². The summed E-state index contributed by atoms with van der Waals surface area (Å²) in [6, 6.07) is 4.19. The lowest BCUT2D eigenvalue weighted by atomic mass is 9.90. The molecule has 0 unspecified atom stereocenters. The monoisotopic (exact) mass is 304 g/mol. The fraction of sp³-hybridized carbons (Fsp3) is 0.706. The molecule has 0 aliphatic carbocycles. The van der Waals surface area contributed by atoms with Gasteiger partial charge in [0.15, 0.2) is 0 Å². The number of rotatable bonds is 3. The molecule has 1 aromatic rings. The van der Waals surface area contributed by atoms with E-state index in [4.69, 9.17) is 0 Å². The Bertz CT molecular complexity index is 474. The van der Waals surface area contributed by atoms with E-state index in [1.807, 2.05) is 13.1 Å². The molecule has 2 saturated heterocycles. The number of aromatic nitrogens is 1. The number of piperazine rings is 1. The van der Waals surface area contributed by atoms with Crippen molar-refractivity contribution < 1.29 is 5.11 Å². The van der Waals surface area contributed by atoms with E-state index in [0.717, 1.165) is 64.3 Å². The van der Waals surface area contributed by atoms with Crippen molar-refractivity contribution in [2.75, 3.05) is 57.8 Å². The third-order valence-corrected chi connectivity index (χ3v) is 5.07. The highest BCUT2D eigenvalue weighted by molar-refractivity contribution is 5.45. The summed E-state index contributed by atoms with van der Waals surface area (Å²) in [6.45, 7) is 9.02. The largest absolute Gasteiger partial charge is 0.388 e. The summed E-state index contributed by atoms with van der Waals surface area (Å²) in [7, 11) is 2.17. The van der Waals surface area contributed by atoms with Gasteiger partial charge >= 0.3 is 0 Å². The number of aryl methyl sites for hydroxylation is 1. The Hall–Kier alpha value is -1.17. The van der Waals surface area contributed by atoms with Gasteiger partial charge in [-0.2, -0.15) is 0 Å². The smallest absolute Gasteiger partial charge is 0.0807 e. The summed E-state index contributed by atoms with van der Waals surface area (Å²) in [5, 5.41) is 10.9. The van der Waals surface area contributed by atoms with Crippen LogP contribution in [-0.2, 0) is 0 Å². The van der Waals surface area contributed by atoms with Crippen LogP contribution in [0.1, 0.15) is 18.5 Å². The molecular weight excluding hydrogens is 276 g/mol. The predicted octanol–water partition coefficient (Wildman–Crippen LogP) is 0.969. The molecule has 122 valence electrons. The highest BCUT2D eigenvalue weighted by atomic mass is 16.3. The molecule has 0 saturated carbocycles. The van der Waals surface area contributed by atoms with Gasteiger partial charge in [-0.05, 0) is 38.9 Å². The molecule has 1 N–H and O–H groups in total. The lowest BCUT2D eigenvalue weighted by molar-refractivity contribution is -0.0250. The molecule has 0 atom stereocenters. The number of nitrogens with zero attached hydrogens (tertiary/aromatic N) is 4. The van der Waals surface area contributed by atoms with E-state index in [9.17, 15) is 5.11 Å². The number of aliphatic hydroxyl groups is 1. The average Bonchev–Trinajstić information content (AvgIpc) is 2.51. The van der Waals surface area contributed by atoms with Crippen LogP contribution in [0.15, 0.2) is 18.3 Å². The molecule has 5 heteroatoms. The Morgan fingerprint density at radius 2 is 1.77 bits per heavy atom. The fourth-order valence-corrected chi connectivity index (χ4v) is 3.41. The van der Waals surface area contributed by atoms with E-state index in [1.165, 1.54) is 5.69 Å². The fourth-order valence-electron chi connectivity index (χ4n) is 3.41. The molecule has 5 nitrogen and oxygen atoms in total. The lowest BCUT2D eigenvalue weighted by Crippen LogP contribution is -2.54. The minimum absolute atomic E-state index is 0.523. The van der Waals surface area contributed by atoms with Gasteiger partial charge in [-0.3, -0.25) is 9.88 Å². The third-order valence-electron chi connectivity index (χ3n) is 5.07. The minimum atomic E-state index is -0.523. The van der Waals surface area contributed by atoms with Crippen LogP contribution in [0.5, 0.6) is 0 Å². The van der Waals surface area contributed by atoms with Crippen molar-refractivity contribution in [3.8, 4) is 0 Å². The second kappa shape index (κ2) is 6.52. The van der Waals surface area contributed by atoms with Gasteiger partial charge in [0, 0.05) is 51.5 Å². The maximum absolute atomic E-state index is 10.9. The van der Waals surface area contributed by atoms with Crippen molar-refractivity contribution in [3.63, 3.8) is 0 Å². The first-order chi connectivity index (χ1) is 10.5. The van der Waals surface area contributed by atoms with Crippen molar-refractivity contribution >= 4 is 5.69 Å². The lowest BCUT2D eigenvalue weighted by Gasteiger charge is -2.43. The number of hydrogen-bond acceptors (Lipinski definition) is 5. The topological polar surface area (TPSA) is 42.8 Å². The second-order valence-electron chi connectivity index (χ2n) is 6.95. The molecule has 0 radical (unpaired) electrons. The van der Waals surface area contributed by atoms with Gasteiger partial charge in [0.1, 0.15) is 0 Å². The van der Waals surface area contributed by atoms with E-state index >= 15 is 0 Å². The normalized spacial score (nSPS) is 23.7. The van der Waals surface area contributed by atoms with Crippen LogP contribution in [0.3, 0.4) is 0 Å². The van der Waals surface area contributed by atoms with Gasteiger partial charge in [0.05, 0.1) is 17.5 Å². The Kier molecular flexibility index (Phi) is 4.66. The minimum Gasteiger partial charge on any atom is -0.388 e. The standard InChI is InChI=1S/C17H28N4O/c1-15-3-4-16(13-18-15)21-7-5-17(22,6-8-21)14-20-11-9-19(2)10-12-20/h3-4,13,22H,5-12,14H2,1-2H3. The first-order valence-corrected chi connectivity index (χ1v) is 8.35. The third kappa shape index (κ3) is 3.77. The van der Waals surface area contributed by atoms with Gasteiger partial charge in [0.25, 0.3) is 0 Å². The summed E-state index contributed by atoms with van der Waals surface area (Å²) in [5.74, 6) is 0. The molecule has 2 aliphatic rings. The van der Waals surface area contributed by atoms with Crippen LogP contribution in [0, 0.1) is 6.92 Å². The molecule has 0 aromatic carbocycles. The van der Waals surface area contributed by atoms with Gasteiger partial charge in [-0.1, -0.05) is 0 Å². The summed E-state index contributed by atoms with van der Waals surface area (Å²) in [4.78, 5) is 11.5. The molecule has 0 amide bonds. The first-order valence-electron chi connectivity index (χ1n) is 8.35. The van der Waals surface area contributed by atoms with Crippen LogP contribution in [0.4, 0.5) is 5.69 Å². The molecule has 3 rings (SSSR count). The Balaban J connectivity index is 1.52. The molecule has 0 spiro atoms. The second-order valence-corrected chi connectivity index (χ2v) is 6.95. The summed E-state index contributed by atoms with van der Waals surface area (Å²) < 4.78 is 0. The van der Waals surface area contributed by atoms with E-state index in [0.29, 0.717) is 0 Å². The van der Waals surface area contributed by atoms with Crippen molar-refractivity contribution in [3.05, 3.63) is 24.0 Å². The van der Waals surface area contributed by atoms with Crippen LogP contribution in [-0.4, -0.2) is 78.4 Å². The van der Waals surface area contributed by atoms with Crippen molar-refractivity contribution in [1.29, 1.82) is 0 Å². The highest BCUT2D eigenvalue weighted by Crippen LogP contribution is 2.27. The number of β-amino-alcohol motifs (C(OH)–C–C–N with tert-alkyl or cyclic N) is 1. The van der Waals surface area contributed by atoms with E-state index in [-0.39, 0.29) is 0 Å². The average molecular weight is 304 g/mol. The van der Waals surface area contributed by atoms with Crippen molar-refractivity contribution in [2.24, 2.45) is 0 Å². The number of anilines is 1. The van der Waals surface area contributed by atoms with Gasteiger partial charge in [0.2, 0.25) is 0 Å². The first kappa shape index (κ1) is 15.7. The van der Waals surface area contributed by atoms with E-state index in [2.05, 4.69) is 38.9 Å². The molecule has 1 aromatic heterocycles. The Morgan fingerprint density at radius 3 is 2.36 bits per heavy atom. The zero-order chi connectivity index (χ0) is 15.6. The number of piperidine rings is 1. The van der Waals surface area contributed by atoms with Crippen LogP contribution < -0.4 is 4.90 Å². The number of likely N-dealkylation sites (N-methyl/N-ethyl adjacent to an activating group) is 1. The molecule has 0 bridgehead atoms. The van der Waals surface area contributed by atoms with Crippen molar-refractivity contribution in [2.45, 2.75) is 25.4 Å². The van der Waals surface area contributed by atoms with Crippen LogP contribution in [0.2, 0.25) is 0 Å². The van der Waals surface area contributed by atoms with Gasteiger partial charge < -0.3 is 14.9 Å². The molecule has 22 heavy (non-hydrogen) atoms. The number of hydrogen-bond donors (Lipinski definition) is 1. The maximum Gasteiger partial charge on any atom is 0.0807 e. The molecule has 2 aliphatic heterocycles. The molecule has 3 heterocycles.